The molecule has 5 heteroatoms. The van der Waals surface area contributed by atoms with Gasteiger partial charge in [-0.2, -0.15) is 0 Å². The molecule has 4 nitrogen and oxygen atoms in total. The lowest BCUT2D eigenvalue weighted by Gasteiger charge is -2.18. The van der Waals surface area contributed by atoms with E-state index in [1.54, 1.807) is 24.4 Å². The van der Waals surface area contributed by atoms with Crippen LogP contribution in [0.15, 0.2) is 30.5 Å². The molecule has 2 aliphatic rings. The highest BCUT2D eigenvalue weighted by atomic mass is 35.5. The number of hydrogen-bond acceptors (Lipinski definition) is 2. The number of carbonyl (C=O) groups excluding carboxylic acids is 2. The predicted octanol–water partition coefficient (Wildman–Crippen LogP) is 2.02. The van der Waals surface area contributed by atoms with Gasteiger partial charge in [-0.25, -0.2) is 0 Å². The van der Waals surface area contributed by atoms with Crippen LogP contribution in [0.5, 0.6) is 0 Å². The summed E-state index contributed by atoms with van der Waals surface area (Å²) in [6.07, 6.45) is 4.00. The maximum absolute atomic E-state index is 12.3. The van der Waals surface area contributed by atoms with Crippen LogP contribution < -0.4 is 5.32 Å². The van der Waals surface area contributed by atoms with Gasteiger partial charge in [-0.1, -0.05) is 23.7 Å². The third-order valence-electron chi connectivity index (χ3n) is 2.98. The standard InChI is InChI=1S/C12H9ClN2O2/c13-7-3-1-4-8-10(7)12(17)15-6-2-5-9(15)11(16)14-8/h1-4,6,9H,5H2,(H,14,16)/t9-/m0/s1. The fraction of sp³-hybridized carbons (Fsp3) is 0.167. The molecule has 0 radical (unpaired) electrons. The Kier molecular flexibility index (Phi) is 2.19. The molecule has 86 valence electrons. The molecular weight excluding hydrogens is 240 g/mol. The van der Waals surface area contributed by atoms with Crippen LogP contribution in [0.25, 0.3) is 0 Å². The monoisotopic (exact) mass is 248 g/mol. The Bertz CT molecular complexity index is 553. The fourth-order valence-electron chi connectivity index (χ4n) is 2.15. The van der Waals surface area contributed by atoms with Crippen molar-refractivity contribution in [2.75, 3.05) is 5.32 Å². The molecule has 0 saturated carbocycles. The molecule has 0 unspecified atom stereocenters. The normalized spacial score (nSPS) is 21.9. The van der Waals surface area contributed by atoms with E-state index < -0.39 is 6.04 Å². The second kappa shape index (κ2) is 3.60. The van der Waals surface area contributed by atoms with Gasteiger partial charge in [-0.3, -0.25) is 9.59 Å². The van der Waals surface area contributed by atoms with Crippen LogP contribution in [-0.4, -0.2) is 22.8 Å². The summed E-state index contributed by atoms with van der Waals surface area (Å²) in [6.45, 7) is 0. The first-order chi connectivity index (χ1) is 8.18. The molecule has 0 fully saturated rings. The predicted molar refractivity (Wildman–Crippen MR) is 63.8 cm³/mol. The number of benzene rings is 1. The Morgan fingerprint density at radius 3 is 3.00 bits per heavy atom. The summed E-state index contributed by atoms with van der Waals surface area (Å²) < 4.78 is 0. The Morgan fingerprint density at radius 1 is 1.35 bits per heavy atom. The number of anilines is 1. The lowest BCUT2D eigenvalue weighted by atomic mass is 10.1. The third kappa shape index (κ3) is 1.45. The topological polar surface area (TPSA) is 49.4 Å². The summed E-state index contributed by atoms with van der Waals surface area (Å²) in [5.41, 5.74) is 0.840. The maximum atomic E-state index is 12.3. The van der Waals surface area contributed by atoms with Crippen LogP contribution in [0.4, 0.5) is 5.69 Å². The molecule has 0 bridgehead atoms. The van der Waals surface area contributed by atoms with E-state index in [2.05, 4.69) is 5.32 Å². The zero-order chi connectivity index (χ0) is 12.0. The first kappa shape index (κ1) is 10.4. The summed E-state index contributed by atoms with van der Waals surface area (Å²) in [6, 6.07) is 4.58. The van der Waals surface area contributed by atoms with Crippen LogP contribution >= 0.6 is 11.6 Å². The molecule has 1 atom stereocenters. The molecular formula is C12H9ClN2O2. The van der Waals surface area contributed by atoms with Crippen LogP contribution in [0.1, 0.15) is 16.8 Å². The molecule has 0 aromatic heterocycles. The van der Waals surface area contributed by atoms with Gasteiger partial charge in [0.1, 0.15) is 6.04 Å². The average Bonchev–Trinajstić information content (AvgIpc) is 2.73. The minimum absolute atomic E-state index is 0.177. The SMILES string of the molecule is O=C1Nc2cccc(Cl)c2C(=O)N2C=CC[C@@H]12. The molecule has 2 heterocycles. The Morgan fingerprint density at radius 2 is 2.18 bits per heavy atom. The number of rotatable bonds is 0. The van der Waals surface area contributed by atoms with E-state index in [1.165, 1.54) is 4.90 Å². The van der Waals surface area contributed by atoms with Crippen molar-refractivity contribution in [3.8, 4) is 0 Å². The number of fused-ring (bicyclic) bond motifs is 2. The number of hydrogen-bond donors (Lipinski definition) is 1. The highest BCUT2D eigenvalue weighted by Crippen LogP contribution is 2.31. The number of carbonyl (C=O) groups is 2. The first-order valence-corrected chi connectivity index (χ1v) is 5.65. The van der Waals surface area contributed by atoms with Crippen LogP contribution in [-0.2, 0) is 4.79 Å². The highest BCUT2D eigenvalue weighted by Gasteiger charge is 2.36. The van der Waals surface area contributed by atoms with E-state index in [1.807, 2.05) is 6.08 Å². The highest BCUT2D eigenvalue weighted by molar-refractivity contribution is 6.35. The zero-order valence-electron chi connectivity index (χ0n) is 8.81. The van der Waals surface area contributed by atoms with Gasteiger partial charge >= 0.3 is 0 Å². The quantitative estimate of drug-likeness (QED) is 0.764. The van der Waals surface area contributed by atoms with E-state index >= 15 is 0 Å². The van der Waals surface area contributed by atoms with E-state index in [0.717, 1.165) is 0 Å². The van der Waals surface area contributed by atoms with Crippen molar-refractivity contribution in [1.82, 2.24) is 4.90 Å². The largest absolute Gasteiger partial charge is 0.323 e. The summed E-state index contributed by atoms with van der Waals surface area (Å²) in [4.78, 5) is 25.6. The number of amides is 2. The molecule has 1 aromatic carbocycles. The van der Waals surface area contributed by atoms with Gasteiger partial charge in [-0.05, 0) is 18.6 Å². The van der Waals surface area contributed by atoms with E-state index in [-0.39, 0.29) is 11.8 Å². The molecule has 0 saturated heterocycles. The molecule has 2 aliphatic heterocycles. The van der Waals surface area contributed by atoms with Crippen molar-refractivity contribution in [3.05, 3.63) is 41.1 Å². The molecule has 17 heavy (non-hydrogen) atoms. The van der Waals surface area contributed by atoms with Crippen molar-refractivity contribution >= 4 is 29.1 Å². The summed E-state index contributed by atoms with van der Waals surface area (Å²) in [5.74, 6) is -0.410. The molecule has 3 rings (SSSR count). The minimum Gasteiger partial charge on any atom is -0.323 e. The van der Waals surface area contributed by atoms with Crippen molar-refractivity contribution < 1.29 is 9.59 Å². The Balaban J connectivity index is 2.19. The van der Waals surface area contributed by atoms with Crippen molar-refractivity contribution in [2.24, 2.45) is 0 Å². The number of nitrogens with one attached hydrogen (secondary N) is 1. The molecule has 0 spiro atoms. The third-order valence-corrected chi connectivity index (χ3v) is 3.30. The lowest BCUT2D eigenvalue weighted by Crippen LogP contribution is -2.38. The van der Waals surface area contributed by atoms with E-state index in [0.29, 0.717) is 22.7 Å². The van der Waals surface area contributed by atoms with Crippen molar-refractivity contribution in [3.63, 3.8) is 0 Å². The van der Waals surface area contributed by atoms with Crippen molar-refractivity contribution in [1.29, 1.82) is 0 Å². The second-order valence-electron chi connectivity index (χ2n) is 4.00. The van der Waals surface area contributed by atoms with Crippen LogP contribution in [0, 0.1) is 0 Å². The molecule has 1 aromatic rings. The zero-order valence-corrected chi connectivity index (χ0v) is 9.57. The van der Waals surface area contributed by atoms with Gasteiger partial charge in [0.05, 0.1) is 16.3 Å². The van der Waals surface area contributed by atoms with Gasteiger partial charge in [0, 0.05) is 6.20 Å². The van der Waals surface area contributed by atoms with Gasteiger partial charge in [0.25, 0.3) is 5.91 Å². The smallest absolute Gasteiger partial charge is 0.262 e. The van der Waals surface area contributed by atoms with Crippen LogP contribution in [0.2, 0.25) is 5.02 Å². The van der Waals surface area contributed by atoms with Crippen molar-refractivity contribution in [2.45, 2.75) is 12.5 Å². The van der Waals surface area contributed by atoms with Gasteiger partial charge in [0.15, 0.2) is 0 Å². The summed E-state index contributed by atoms with van der Waals surface area (Å²) in [5, 5.41) is 3.09. The Labute approximate surface area is 103 Å². The fourth-order valence-corrected chi connectivity index (χ4v) is 2.41. The maximum Gasteiger partial charge on any atom is 0.262 e. The lowest BCUT2D eigenvalue weighted by molar-refractivity contribution is -0.119. The number of halogens is 1. The first-order valence-electron chi connectivity index (χ1n) is 5.27. The number of nitrogens with zero attached hydrogens (tertiary/aromatic N) is 1. The van der Waals surface area contributed by atoms with Gasteiger partial charge < -0.3 is 10.2 Å². The van der Waals surface area contributed by atoms with Crippen LogP contribution in [0.3, 0.4) is 0 Å². The van der Waals surface area contributed by atoms with E-state index in [9.17, 15) is 9.59 Å². The second-order valence-corrected chi connectivity index (χ2v) is 4.41. The average molecular weight is 249 g/mol. The summed E-state index contributed by atoms with van der Waals surface area (Å²) >= 11 is 6.02. The molecule has 1 N–H and O–H groups in total. The Hall–Kier alpha value is -1.81. The molecule has 0 aliphatic carbocycles. The van der Waals surface area contributed by atoms with Gasteiger partial charge in [0.2, 0.25) is 5.91 Å². The molecule has 2 amide bonds. The summed E-state index contributed by atoms with van der Waals surface area (Å²) in [7, 11) is 0. The van der Waals surface area contributed by atoms with Gasteiger partial charge in [-0.15, -0.1) is 0 Å². The minimum atomic E-state index is -0.453. The van der Waals surface area contributed by atoms with E-state index in [4.69, 9.17) is 11.6 Å².